The second kappa shape index (κ2) is 9.70. The third kappa shape index (κ3) is 4.64. The first-order valence-corrected chi connectivity index (χ1v) is 12.4. The van der Waals surface area contributed by atoms with Crippen LogP contribution in [-0.2, 0) is 27.3 Å². The summed E-state index contributed by atoms with van der Waals surface area (Å²) >= 11 is 5.85. The summed E-state index contributed by atoms with van der Waals surface area (Å²) in [5, 5.41) is 0.534. The average Bonchev–Trinajstić information content (AvgIpc) is 3.39. The van der Waals surface area contributed by atoms with Crippen LogP contribution in [0.15, 0.2) is 36.5 Å². The number of rotatable bonds is 8. The number of piperidine rings is 1. The molecular formula is C27H25ClFN3O5. The van der Waals surface area contributed by atoms with E-state index in [1.807, 2.05) is 0 Å². The summed E-state index contributed by atoms with van der Waals surface area (Å²) < 4.78 is 20.6. The minimum absolute atomic E-state index is 0.00273. The Bertz CT molecular complexity index is 1450. The van der Waals surface area contributed by atoms with Crippen LogP contribution in [0.1, 0.15) is 52.6 Å². The highest BCUT2D eigenvalue weighted by Crippen LogP contribution is 2.48. The number of aryl methyl sites for hydroxylation is 1. The molecule has 37 heavy (non-hydrogen) atoms. The van der Waals surface area contributed by atoms with Gasteiger partial charge in [0.15, 0.2) is 17.3 Å². The number of Topliss-reactive ketones (excluding diaryl/α,β-unsaturated/α-hetero) is 2. The number of likely N-dealkylation sites (tertiary alicyclic amines) is 1. The number of carbonyl (C=O) groups is 4. The van der Waals surface area contributed by atoms with E-state index < -0.39 is 17.8 Å². The summed E-state index contributed by atoms with van der Waals surface area (Å²) in [6.07, 6.45) is 3.27. The van der Waals surface area contributed by atoms with Crippen molar-refractivity contribution >= 4 is 46.1 Å². The smallest absolute Gasteiger partial charge is 0.356 e. The molecule has 3 aromatic rings. The molecule has 2 fully saturated rings. The van der Waals surface area contributed by atoms with Crippen molar-refractivity contribution in [2.45, 2.75) is 51.2 Å². The summed E-state index contributed by atoms with van der Waals surface area (Å²) in [5.74, 6) is -1.47. The van der Waals surface area contributed by atoms with Crippen LogP contribution in [0.2, 0.25) is 5.02 Å². The first-order chi connectivity index (χ1) is 17.7. The van der Waals surface area contributed by atoms with Gasteiger partial charge in [-0.15, -0.1) is 0 Å². The molecule has 1 aliphatic carbocycles. The van der Waals surface area contributed by atoms with Gasteiger partial charge in [0.2, 0.25) is 5.91 Å². The number of halogens is 2. The number of hydrogen-bond acceptors (Lipinski definition) is 6. The van der Waals surface area contributed by atoms with Crippen molar-refractivity contribution in [2.75, 3.05) is 7.11 Å². The SMILES string of the molecule is COC(=O)c1ccc2c(C(C)=O)cn(CC(=O)N3[C@@H]4C[C@@H]4C[C@H]3C(=O)CCc3cccc(Cl)c3F)c2n1. The Morgan fingerprint density at radius 3 is 2.68 bits per heavy atom. The molecule has 1 saturated heterocycles. The molecule has 1 amide bonds. The van der Waals surface area contributed by atoms with Gasteiger partial charge in [-0.05, 0) is 55.9 Å². The van der Waals surface area contributed by atoms with Gasteiger partial charge in [0, 0.05) is 29.6 Å². The van der Waals surface area contributed by atoms with Crippen LogP contribution in [0.3, 0.4) is 0 Å². The zero-order chi connectivity index (χ0) is 26.4. The quantitative estimate of drug-likeness (QED) is 0.325. The van der Waals surface area contributed by atoms with Crippen molar-refractivity contribution in [3.63, 3.8) is 0 Å². The molecule has 5 rings (SSSR count). The van der Waals surface area contributed by atoms with Crippen LogP contribution in [-0.4, -0.2) is 57.1 Å². The van der Waals surface area contributed by atoms with Crippen molar-refractivity contribution in [2.24, 2.45) is 5.92 Å². The molecule has 8 nitrogen and oxygen atoms in total. The fourth-order valence-corrected chi connectivity index (χ4v) is 5.47. The number of amides is 1. The fraction of sp³-hybridized carbons (Fsp3) is 0.370. The van der Waals surface area contributed by atoms with Crippen LogP contribution in [0.4, 0.5) is 4.39 Å². The highest BCUT2D eigenvalue weighted by atomic mass is 35.5. The van der Waals surface area contributed by atoms with Crippen LogP contribution < -0.4 is 0 Å². The van der Waals surface area contributed by atoms with E-state index in [9.17, 15) is 23.6 Å². The zero-order valence-corrected chi connectivity index (χ0v) is 21.1. The van der Waals surface area contributed by atoms with Crippen LogP contribution in [0.5, 0.6) is 0 Å². The number of esters is 1. The number of ketones is 2. The minimum atomic E-state index is -0.632. The maximum Gasteiger partial charge on any atom is 0.356 e. The molecular weight excluding hydrogens is 501 g/mol. The largest absolute Gasteiger partial charge is 0.464 e. The number of hydrogen-bond donors (Lipinski definition) is 0. The Kier molecular flexibility index (Phi) is 6.58. The van der Waals surface area contributed by atoms with E-state index in [1.165, 1.54) is 26.2 Å². The number of carbonyl (C=O) groups excluding carboxylic acids is 4. The standard InChI is InChI=1S/C27H25ClFN3O5/c1-14(33)18-12-31(26-17(18)7-8-20(30-26)27(36)37-2)13-24(35)32-21-10-16(21)11-22(32)23(34)9-6-15-4-3-5-19(28)25(15)29/h3-5,7-8,12,16,21-22H,6,9-11,13H2,1-2H3/t16-,21-,22+/m1/s1. The van der Waals surface area contributed by atoms with E-state index in [-0.39, 0.29) is 59.5 Å². The normalized spacial score (nSPS) is 20.1. The summed E-state index contributed by atoms with van der Waals surface area (Å²) in [6, 6.07) is 7.20. The number of aromatic nitrogens is 2. The predicted molar refractivity (Wildman–Crippen MR) is 133 cm³/mol. The summed E-state index contributed by atoms with van der Waals surface area (Å²) in [5.41, 5.74) is 1.12. The highest BCUT2D eigenvalue weighted by Gasteiger charge is 2.55. The molecule has 0 radical (unpaired) electrons. The van der Waals surface area contributed by atoms with Gasteiger partial charge in [-0.1, -0.05) is 23.7 Å². The van der Waals surface area contributed by atoms with Crippen molar-refractivity contribution in [1.29, 1.82) is 0 Å². The minimum Gasteiger partial charge on any atom is -0.464 e. The molecule has 0 spiro atoms. The Morgan fingerprint density at radius 2 is 1.95 bits per heavy atom. The van der Waals surface area contributed by atoms with Gasteiger partial charge in [0.1, 0.15) is 18.0 Å². The Labute approximate surface area is 217 Å². The second-order valence-corrected chi connectivity index (χ2v) is 9.99. The van der Waals surface area contributed by atoms with Gasteiger partial charge in [0.05, 0.1) is 18.2 Å². The highest BCUT2D eigenvalue weighted by molar-refractivity contribution is 6.30. The molecule has 1 saturated carbocycles. The van der Waals surface area contributed by atoms with Crippen molar-refractivity contribution < 1.29 is 28.3 Å². The fourth-order valence-electron chi connectivity index (χ4n) is 5.28. The lowest BCUT2D eigenvalue weighted by molar-refractivity contribution is -0.139. The Balaban J connectivity index is 1.37. The first-order valence-electron chi connectivity index (χ1n) is 12.1. The molecule has 10 heteroatoms. The first kappa shape index (κ1) is 25.1. The van der Waals surface area contributed by atoms with Gasteiger partial charge in [-0.2, -0.15) is 0 Å². The number of ether oxygens (including phenoxy) is 1. The van der Waals surface area contributed by atoms with Gasteiger partial charge < -0.3 is 14.2 Å². The molecule has 2 aromatic heterocycles. The molecule has 0 bridgehead atoms. The number of nitrogens with zero attached hydrogens (tertiary/aromatic N) is 3. The molecule has 1 aliphatic heterocycles. The lowest BCUT2D eigenvalue weighted by Gasteiger charge is -2.27. The van der Waals surface area contributed by atoms with E-state index in [0.29, 0.717) is 28.6 Å². The van der Waals surface area contributed by atoms with E-state index in [0.717, 1.165) is 6.42 Å². The number of methoxy groups -OCH3 is 1. The molecule has 192 valence electrons. The van der Waals surface area contributed by atoms with Gasteiger partial charge in [0.25, 0.3) is 0 Å². The van der Waals surface area contributed by atoms with Crippen molar-refractivity contribution in [3.05, 3.63) is 64.2 Å². The Morgan fingerprint density at radius 1 is 1.16 bits per heavy atom. The monoisotopic (exact) mass is 525 g/mol. The third-order valence-corrected chi connectivity index (χ3v) is 7.53. The molecule has 2 aliphatic rings. The predicted octanol–water partition coefficient (Wildman–Crippen LogP) is 4.01. The van der Waals surface area contributed by atoms with Crippen molar-refractivity contribution in [3.8, 4) is 0 Å². The van der Waals surface area contributed by atoms with Crippen LogP contribution in [0, 0.1) is 11.7 Å². The van der Waals surface area contributed by atoms with Gasteiger partial charge in [-0.25, -0.2) is 14.2 Å². The summed E-state index contributed by atoms with van der Waals surface area (Å²) in [6.45, 7) is 1.28. The van der Waals surface area contributed by atoms with Gasteiger partial charge in [-0.3, -0.25) is 14.4 Å². The zero-order valence-electron chi connectivity index (χ0n) is 20.4. The number of fused-ring (bicyclic) bond motifs is 2. The van der Waals surface area contributed by atoms with Gasteiger partial charge >= 0.3 is 5.97 Å². The van der Waals surface area contributed by atoms with E-state index in [2.05, 4.69) is 4.98 Å². The average molecular weight is 526 g/mol. The third-order valence-electron chi connectivity index (χ3n) is 7.24. The van der Waals surface area contributed by atoms with E-state index in [1.54, 1.807) is 33.9 Å². The lowest BCUT2D eigenvalue weighted by atomic mass is 10.00. The van der Waals surface area contributed by atoms with Crippen LogP contribution >= 0.6 is 11.6 Å². The Hall–Kier alpha value is -3.59. The molecule has 0 unspecified atom stereocenters. The van der Waals surface area contributed by atoms with Crippen LogP contribution in [0.25, 0.3) is 11.0 Å². The van der Waals surface area contributed by atoms with E-state index >= 15 is 0 Å². The second-order valence-electron chi connectivity index (χ2n) is 9.58. The molecule has 3 heterocycles. The summed E-state index contributed by atoms with van der Waals surface area (Å²) in [4.78, 5) is 56.9. The molecule has 0 N–H and O–H groups in total. The lowest BCUT2D eigenvalue weighted by Crippen LogP contribution is -2.44. The molecule has 1 aromatic carbocycles. The van der Waals surface area contributed by atoms with E-state index in [4.69, 9.17) is 16.3 Å². The number of benzene rings is 1. The molecule has 3 atom stereocenters. The summed E-state index contributed by atoms with van der Waals surface area (Å²) in [7, 11) is 1.25. The number of pyridine rings is 1. The topological polar surface area (TPSA) is 98.6 Å². The maximum absolute atomic E-state index is 14.3. The van der Waals surface area contributed by atoms with Crippen molar-refractivity contribution in [1.82, 2.24) is 14.5 Å². The maximum atomic E-state index is 14.3.